The Hall–Kier alpha value is -1.27. The number of aliphatic carboxylic acids is 1. The van der Waals surface area contributed by atoms with E-state index in [0.717, 1.165) is 17.3 Å². The minimum atomic E-state index is -0.819. The van der Waals surface area contributed by atoms with Gasteiger partial charge in [0, 0.05) is 11.9 Å². The second-order valence-corrected chi connectivity index (χ2v) is 5.89. The van der Waals surface area contributed by atoms with Gasteiger partial charge in [-0.15, -0.1) is 0 Å². The lowest BCUT2D eigenvalue weighted by Crippen LogP contribution is -2.11. The van der Waals surface area contributed by atoms with Gasteiger partial charge in [-0.05, 0) is 35.7 Å². The number of aromatic nitrogens is 2. The molecule has 0 spiro atoms. The zero-order chi connectivity index (χ0) is 13.8. The average molecular weight is 296 g/mol. The van der Waals surface area contributed by atoms with E-state index in [2.05, 4.69) is 40.2 Å². The van der Waals surface area contributed by atoms with Crippen LogP contribution in [0.2, 0.25) is 0 Å². The van der Waals surface area contributed by atoms with Gasteiger partial charge in [0.15, 0.2) is 5.16 Å². The summed E-state index contributed by atoms with van der Waals surface area (Å²) in [6.07, 6.45) is 2.72. The number of aryl methyl sites for hydroxylation is 1. The lowest BCUT2D eigenvalue weighted by molar-refractivity contribution is -0.133. The summed E-state index contributed by atoms with van der Waals surface area (Å²) in [5, 5.41) is 13.7. The highest BCUT2D eigenvalue weighted by atomic mass is 32.2. The second-order valence-electron chi connectivity index (χ2n) is 4.17. The third-order valence-corrected chi connectivity index (χ3v) is 4.59. The average Bonchev–Trinajstić information content (AvgIpc) is 3.04. The summed E-state index contributed by atoms with van der Waals surface area (Å²) in [6.45, 7) is 4.20. The Bertz CT molecular complexity index is 549. The Morgan fingerprint density at radius 3 is 3.00 bits per heavy atom. The van der Waals surface area contributed by atoms with Crippen LogP contribution in [0, 0.1) is 0 Å². The number of carboxylic acid groups (broad SMARTS) is 1. The number of rotatable bonds is 6. The first-order valence-electron chi connectivity index (χ1n) is 6.06. The summed E-state index contributed by atoms with van der Waals surface area (Å²) in [6, 6.07) is 2.28. The van der Waals surface area contributed by atoms with Crippen molar-refractivity contribution in [3.63, 3.8) is 0 Å². The van der Waals surface area contributed by atoms with Crippen molar-refractivity contribution in [2.45, 2.75) is 31.5 Å². The maximum Gasteiger partial charge on any atom is 0.313 e. The zero-order valence-electron chi connectivity index (χ0n) is 10.9. The molecule has 1 unspecified atom stereocenters. The van der Waals surface area contributed by atoms with Crippen LogP contribution in [0.15, 0.2) is 28.2 Å². The zero-order valence-corrected chi connectivity index (χ0v) is 12.5. The largest absolute Gasteiger partial charge is 0.481 e. The molecule has 0 radical (unpaired) electrons. The molecule has 0 aliphatic carbocycles. The highest BCUT2D eigenvalue weighted by Crippen LogP contribution is 2.28. The van der Waals surface area contributed by atoms with Crippen molar-refractivity contribution in [3.8, 4) is 0 Å². The van der Waals surface area contributed by atoms with Crippen molar-refractivity contribution in [3.05, 3.63) is 34.3 Å². The van der Waals surface area contributed by atoms with Gasteiger partial charge in [-0.1, -0.05) is 18.7 Å². The molecule has 19 heavy (non-hydrogen) atoms. The Balaban J connectivity index is 2.30. The van der Waals surface area contributed by atoms with Gasteiger partial charge in [-0.2, -0.15) is 11.3 Å². The molecule has 2 aromatic rings. The van der Waals surface area contributed by atoms with E-state index in [0.29, 0.717) is 0 Å². The number of imidazole rings is 1. The lowest BCUT2D eigenvalue weighted by atomic mass is 10.1. The van der Waals surface area contributed by atoms with E-state index in [1.54, 1.807) is 11.3 Å². The SMILES string of the molecule is CCc1cnc(SCC(=O)O)n1C(C)c1ccsc1. The summed E-state index contributed by atoms with van der Waals surface area (Å²) in [5.41, 5.74) is 2.36. The van der Waals surface area contributed by atoms with Gasteiger partial charge < -0.3 is 9.67 Å². The molecule has 2 aromatic heterocycles. The van der Waals surface area contributed by atoms with Crippen LogP contribution in [0.4, 0.5) is 0 Å². The molecule has 1 N–H and O–H groups in total. The minimum absolute atomic E-state index is 0.0382. The van der Waals surface area contributed by atoms with Gasteiger partial charge >= 0.3 is 5.97 Å². The third-order valence-electron chi connectivity index (χ3n) is 2.94. The van der Waals surface area contributed by atoms with Crippen molar-refractivity contribution in [1.82, 2.24) is 9.55 Å². The van der Waals surface area contributed by atoms with Crippen molar-refractivity contribution in [1.29, 1.82) is 0 Å². The maximum absolute atomic E-state index is 10.7. The van der Waals surface area contributed by atoms with Crippen LogP contribution in [0.25, 0.3) is 0 Å². The van der Waals surface area contributed by atoms with E-state index < -0.39 is 5.97 Å². The molecule has 0 saturated heterocycles. The number of hydrogen-bond acceptors (Lipinski definition) is 4. The smallest absolute Gasteiger partial charge is 0.313 e. The molecule has 0 aliphatic heterocycles. The van der Waals surface area contributed by atoms with Crippen LogP contribution in [0.5, 0.6) is 0 Å². The fraction of sp³-hybridized carbons (Fsp3) is 0.385. The minimum Gasteiger partial charge on any atom is -0.481 e. The molecule has 0 amide bonds. The summed E-state index contributed by atoms with van der Waals surface area (Å²) < 4.78 is 2.13. The van der Waals surface area contributed by atoms with Gasteiger partial charge in [-0.3, -0.25) is 4.79 Å². The third kappa shape index (κ3) is 3.19. The van der Waals surface area contributed by atoms with E-state index in [9.17, 15) is 4.79 Å². The van der Waals surface area contributed by atoms with E-state index >= 15 is 0 Å². The van der Waals surface area contributed by atoms with E-state index in [4.69, 9.17) is 5.11 Å². The quantitative estimate of drug-likeness (QED) is 0.831. The maximum atomic E-state index is 10.7. The van der Waals surface area contributed by atoms with Crippen molar-refractivity contribution in [2.75, 3.05) is 5.75 Å². The molecular formula is C13H16N2O2S2. The first-order valence-corrected chi connectivity index (χ1v) is 7.99. The normalized spacial score (nSPS) is 12.5. The van der Waals surface area contributed by atoms with Crippen LogP contribution in [-0.4, -0.2) is 26.4 Å². The number of carbonyl (C=O) groups is 1. The molecule has 0 saturated carbocycles. The lowest BCUT2D eigenvalue weighted by Gasteiger charge is -2.17. The summed E-state index contributed by atoms with van der Waals surface area (Å²) in [7, 11) is 0. The van der Waals surface area contributed by atoms with Crippen molar-refractivity contribution >= 4 is 29.1 Å². The summed E-state index contributed by atoms with van der Waals surface area (Å²) in [5.74, 6) is -0.780. The molecular weight excluding hydrogens is 280 g/mol. The molecule has 0 bridgehead atoms. The predicted octanol–water partition coefficient (Wildman–Crippen LogP) is 3.29. The van der Waals surface area contributed by atoms with Crippen LogP contribution < -0.4 is 0 Å². The first-order chi connectivity index (χ1) is 9.13. The Morgan fingerprint density at radius 1 is 1.63 bits per heavy atom. The second kappa shape index (κ2) is 6.25. The van der Waals surface area contributed by atoms with Gasteiger partial charge in [0.1, 0.15) is 0 Å². The molecule has 2 rings (SSSR count). The van der Waals surface area contributed by atoms with Crippen LogP contribution >= 0.6 is 23.1 Å². The van der Waals surface area contributed by atoms with Crippen molar-refractivity contribution < 1.29 is 9.90 Å². The molecule has 0 fully saturated rings. The van der Waals surface area contributed by atoms with E-state index in [1.807, 2.05) is 6.20 Å². The molecule has 1 atom stereocenters. The summed E-state index contributed by atoms with van der Waals surface area (Å²) >= 11 is 2.94. The topological polar surface area (TPSA) is 55.1 Å². The van der Waals surface area contributed by atoms with Crippen LogP contribution in [-0.2, 0) is 11.2 Å². The van der Waals surface area contributed by atoms with Gasteiger partial charge in [-0.25, -0.2) is 4.98 Å². The number of hydrogen-bond donors (Lipinski definition) is 1. The Labute approximate surface area is 120 Å². The molecule has 6 heteroatoms. The van der Waals surface area contributed by atoms with E-state index in [-0.39, 0.29) is 11.8 Å². The molecule has 0 aromatic carbocycles. The summed E-state index contributed by atoms with van der Waals surface area (Å²) in [4.78, 5) is 15.1. The van der Waals surface area contributed by atoms with Crippen molar-refractivity contribution in [2.24, 2.45) is 0 Å². The predicted molar refractivity (Wildman–Crippen MR) is 78.1 cm³/mol. The van der Waals surface area contributed by atoms with Gasteiger partial charge in [0.2, 0.25) is 0 Å². The van der Waals surface area contributed by atoms with Crippen LogP contribution in [0.3, 0.4) is 0 Å². The molecule has 0 aliphatic rings. The molecule has 102 valence electrons. The monoisotopic (exact) mass is 296 g/mol. The van der Waals surface area contributed by atoms with E-state index in [1.165, 1.54) is 17.3 Å². The van der Waals surface area contributed by atoms with Crippen LogP contribution in [0.1, 0.15) is 31.1 Å². The first kappa shape index (κ1) is 14.1. The number of carboxylic acids is 1. The number of thioether (sulfide) groups is 1. The fourth-order valence-electron chi connectivity index (χ4n) is 1.95. The highest BCUT2D eigenvalue weighted by molar-refractivity contribution is 7.99. The molecule has 4 nitrogen and oxygen atoms in total. The number of thiophene rings is 1. The highest BCUT2D eigenvalue weighted by Gasteiger charge is 2.17. The van der Waals surface area contributed by atoms with Gasteiger partial charge in [0.05, 0.1) is 11.8 Å². The standard InChI is InChI=1S/C13H16N2O2S2/c1-3-11-6-14-13(19-8-12(16)17)15(11)9(2)10-4-5-18-7-10/h4-7,9H,3,8H2,1-2H3,(H,16,17). The number of nitrogens with zero attached hydrogens (tertiary/aromatic N) is 2. The van der Waals surface area contributed by atoms with Gasteiger partial charge in [0.25, 0.3) is 0 Å². The Morgan fingerprint density at radius 2 is 2.42 bits per heavy atom. The molecule has 2 heterocycles. The Kier molecular flexibility index (Phi) is 4.66. The fourth-order valence-corrected chi connectivity index (χ4v) is 3.49.